The lowest BCUT2D eigenvalue weighted by atomic mass is 9.93. The minimum absolute atomic E-state index is 0.0633. The number of carbonyl (C=O) groups is 2. The smallest absolute Gasteiger partial charge is 0.348 e. The first-order valence-corrected chi connectivity index (χ1v) is 13.6. The van der Waals surface area contributed by atoms with Crippen molar-refractivity contribution in [1.82, 2.24) is 19.9 Å². The number of amidine groups is 1. The topological polar surface area (TPSA) is 183 Å². The number of nitrogens with one attached hydrogen (secondary N) is 2. The van der Waals surface area contributed by atoms with Crippen LogP contribution in [0.1, 0.15) is 42.9 Å². The van der Waals surface area contributed by atoms with Crippen LogP contribution < -0.4 is 11.3 Å². The fourth-order valence-corrected chi connectivity index (χ4v) is 4.30. The molecule has 12 nitrogen and oxygen atoms in total. The van der Waals surface area contributed by atoms with Crippen LogP contribution in [0.3, 0.4) is 0 Å². The molecule has 2 fully saturated rings. The largest absolute Gasteiger partial charge is 0.467 e. The molecule has 0 spiro atoms. The third-order valence-corrected chi connectivity index (χ3v) is 6.72. The predicted octanol–water partition coefficient (Wildman–Crippen LogP) is 2.72. The van der Waals surface area contributed by atoms with E-state index in [9.17, 15) is 23.2 Å². The molecule has 1 unspecified atom stereocenters. The molecule has 0 amide bonds. The highest BCUT2D eigenvalue weighted by molar-refractivity contribution is 6.02. The Morgan fingerprint density at radius 1 is 1.00 bits per heavy atom. The molecule has 2 saturated heterocycles. The van der Waals surface area contributed by atoms with Crippen molar-refractivity contribution in [1.29, 1.82) is 5.41 Å². The summed E-state index contributed by atoms with van der Waals surface area (Å²) in [6.07, 6.45) is 6.62. The summed E-state index contributed by atoms with van der Waals surface area (Å²) in [6, 6.07) is 6.85. The summed E-state index contributed by atoms with van der Waals surface area (Å²) < 4.78 is 41.6. The average molecular weight is 601 g/mol. The van der Waals surface area contributed by atoms with Gasteiger partial charge in [-0.25, -0.2) is 14.2 Å². The highest BCUT2D eigenvalue weighted by Gasteiger charge is 2.33. The zero-order valence-electron chi connectivity index (χ0n) is 23.6. The van der Waals surface area contributed by atoms with E-state index in [1.807, 2.05) is 0 Å². The number of ether oxygens (including phenoxy) is 3. The van der Waals surface area contributed by atoms with Gasteiger partial charge in [0.2, 0.25) is 5.82 Å². The zero-order valence-corrected chi connectivity index (χ0v) is 23.6. The van der Waals surface area contributed by atoms with Gasteiger partial charge in [-0.15, -0.1) is 0 Å². The van der Waals surface area contributed by atoms with Gasteiger partial charge in [-0.3, -0.25) is 25.0 Å². The average Bonchev–Trinajstić information content (AvgIpc) is 3.07. The number of halogens is 2. The van der Waals surface area contributed by atoms with Crippen LogP contribution in [0.5, 0.6) is 0 Å². The number of pyridine rings is 2. The molecule has 14 heteroatoms. The third kappa shape index (κ3) is 9.82. The Balaban J connectivity index is 0.000000192. The predicted molar refractivity (Wildman–Crippen MR) is 152 cm³/mol. The minimum Gasteiger partial charge on any atom is -0.467 e. The Morgan fingerprint density at radius 3 is 2.05 bits per heavy atom. The minimum atomic E-state index is -2.14. The first kappa shape index (κ1) is 33.1. The van der Waals surface area contributed by atoms with Crippen LogP contribution >= 0.6 is 0 Å². The molecule has 5 rings (SSSR count). The van der Waals surface area contributed by atoms with Gasteiger partial charge in [0.25, 0.3) is 11.7 Å². The third-order valence-electron chi connectivity index (χ3n) is 6.72. The Labute approximate surface area is 246 Å². The van der Waals surface area contributed by atoms with Gasteiger partial charge < -0.3 is 24.9 Å². The van der Waals surface area contributed by atoms with Crippen LogP contribution in [0.2, 0.25) is 0 Å². The summed E-state index contributed by atoms with van der Waals surface area (Å²) in [6.45, 7) is 2.04. The van der Waals surface area contributed by atoms with Crippen molar-refractivity contribution in [3.8, 4) is 11.4 Å². The van der Waals surface area contributed by atoms with Crippen molar-refractivity contribution in [3.63, 3.8) is 0 Å². The lowest BCUT2D eigenvalue weighted by molar-refractivity contribution is -0.152. The maximum Gasteiger partial charge on any atom is 0.348 e. The monoisotopic (exact) mass is 600 g/mol. The Kier molecular flexibility index (Phi) is 13.0. The van der Waals surface area contributed by atoms with Gasteiger partial charge in [0.1, 0.15) is 11.7 Å². The summed E-state index contributed by atoms with van der Waals surface area (Å²) >= 11 is 0. The van der Waals surface area contributed by atoms with Gasteiger partial charge in [-0.2, -0.15) is 4.39 Å². The fourth-order valence-electron chi connectivity index (χ4n) is 4.30. The van der Waals surface area contributed by atoms with Crippen molar-refractivity contribution in [2.75, 3.05) is 33.5 Å². The molecular formula is C29H34F2N6O6. The van der Waals surface area contributed by atoms with E-state index in [-0.39, 0.29) is 17.4 Å². The van der Waals surface area contributed by atoms with E-state index in [2.05, 4.69) is 24.7 Å². The molecule has 3 aromatic rings. The molecule has 4 N–H and O–H groups in total. The number of Topliss-reactive ketones (excluding diaryl/α,β-unsaturated/α-hetero) is 1. The lowest BCUT2D eigenvalue weighted by Crippen LogP contribution is -2.35. The van der Waals surface area contributed by atoms with E-state index in [1.165, 1.54) is 0 Å². The summed E-state index contributed by atoms with van der Waals surface area (Å²) in [7, 11) is 1.06. The van der Waals surface area contributed by atoms with Crippen molar-refractivity contribution < 1.29 is 32.6 Å². The zero-order chi connectivity index (χ0) is 31.2. The van der Waals surface area contributed by atoms with Gasteiger partial charge in [-0.1, -0.05) is 0 Å². The van der Waals surface area contributed by atoms with Crippen molar-refractivity contribution in [3.05, 3.63) is 76.5 Å². The number of hydrogen-bond donors (Lipinski definition) is 3. The Hall–Kier alpha value is -4.43. The number of aromatic nitrogens is 4. The molecule has 43 heavy (non-hydrogen) atoms. The van der Waals surface area contributed by atoms with E-state index in [0.29, 0.717) is 69.1 Å². The van der Waals surface area contributed by atoms with E-state index >= 15 is 0 Å². The van der Waals surface area contributed by atoms with Crippen LogP contribution in [0, 0.1) is 17.1 Å². The number of nitrogens with zero attached hydrogens (tertiary/aromatic N) is 3. The number of nitrogen functional groups attached to an aromatic ring is 1. The number of rotatable bonds is 6. The molecule has 0 radical (unpaired) electrons. The second-order valence-corrected chi connectivity index (χ2v) is 9.56. The molecule has 0 aromatic carbocycles. The fraction of sp³-hybridized carbons (Fsp3) is 0.414. The Bertz CT molecular complexity index is 1400. The SMILES string of the molecule is COC(=O)C(F)C(=O)C1CCOCC1.N=C(N)c1ccncc1.O=c1[nH]c(-c2ccncc2)nc(C2CCOCC2)c1F. The molecule has 230 valence electrons. The van der Waals surface area contributed by atoms with Crippen molar-refractivity contribution in [2.24, 2.45) is 11.7 Å². The highest BCUT2D eigenvalue weighted by Crippen LogP contribution is 2.27. The highest BCUT2D eigenvalue weighted by atomic mass is 19.1. The van der Waals surface area contributed by atoms with E-state index < -0.39 is 35.2 Å². The second kappa shape index (κ2) is 16.9. The van der Waals surface area contributed by atoms with E-state index in [1.54, 1.807) is 49.1 Å². The molecule has 2 aliphatic heterocycles. The summed E-state index contributed by atoms with van der Waals surface area (Å²) in [5, 5.41) is 6.99. The lowest BCUT2D eigenvalue weighted by Gasteiger charge is -2.21. The number of alkyl halides is 1. The standard InChI is InChI=1S/C14H14FN3O2.C9H13FO4.C6H7N3/c15-11-12(9-3-7-20-8-4-9)17-13(18-14(11)19)10-1-5-16-6-2-10;1-13-9(12)7(10)8(11)6-2-4-14-5-3-6;7-6(8)5-1-3-9-4-2-5/h1-2,5-6,9H,3-4,7-8H2,(H,17,18,19);6-7H,2-5H2,1H3;1-4H,(H3,7,8). The van der Waals surface area contributed by atoms with Gasteiger partial charge >= 0.3 is 5.97 Å². The van der Waals surface area contributed by atoms with Crippen LogP contribution in [-0.2, 0) is 23.8 Å². The van der Waals surface area contributed by atoms with Crippen molar-refractivity contribution in [2.45, 2.75) is 37.8 Å². The maximum atomic E-state index is 14.0. The molecule has 2 aliphatic rings. The van der Waals surface area contributed by atoms with Gasteiger partial charge in [-0.05, 0) is 49.9 Å². The number of nitrogens with two attached hydrogens (primary N) is 1. The van der Waals surface area contributed by atoms with E-state index in [4.69, 9.17) is 20.6 Å². The second-order valence-electron chi connectivity index (χ2n) is 9.56. The molecule has 3 aromatic heterocycles. The first-order chi connectivity index (χ1) is 20.7. The molecule has 0 saturated carbocycles. The summed E-state index contributed by atoms with van der Waals surface area (Å²) in [5.74, 6) is -2.58. The van der Waals surface area contributed by atoms with E-state index in [0.717, 1.165) is 7.11 Å². The first-order valence-electron chi connectivity index (χ1n) is 13.6. The van der Waals surface area contributed by atoms with Crippen LogP contribution in [0.15, 0.2) is 53.8 Å². The molecular weight excluding hydrogens is 566 g/mol. The molecule has 5 heterocycles. The number of methoxy groups -OCH3 is 1. The molecule has 0 aliphatic carbocycles. The molecule has 1 atom stereocenters. The quantitative estimate of drug-likeness (QED) is 0.165. The van der Waals surface area contributed by atoms with Gasteiger partial charge in [0, 0.05) is 74.2 Å². The number of esters is 1. The van der Waals surface area contributed by atoms with Gasteiger partial charge in [0.15, 0.2) is 5.78 Å². The molecule has 0 bridgehead atoms. The number of ketones is 1. The number of aromatic amines is 1. The van der Waals surface area contributed by atoms with Crippen LogP contribution in [0.4, 0.5) is 8.78 Å². The normalized spacial score (nSPS) is 16.0. The number of hydrogen-bond acceptors (Lipinski definition) is 10. The summed E-state index contributed by atoms with van der Waals surface area (Å²) in [4.78, 5) is 48.3. The number of carbonyl (C=O) groups excluding carboxylic acids is 2. The van der Waals surface area contributed by atoms with Gasteiger partial charge in [0.05, 0.1) is 12.8 Å². The van der Waals surface area contributed by atoms with Crippen molar-refractivity contribution >= 4 is 17.6 Å². The maximum absolute atomic E-state index is 14.0. The van der Waals surface area contributed by atoms with Crippen LogP contribution in [0.25, 0.3) is 11.4 Å². The Morgan fingerprint density at radius 2 is 1.53 bits per heavy atom. The van der Waals surface area contributed by atoms with Crippen LogP contribution in [-0.4, -0.2) is 77.2 Å². The summed E-state index contributed by atoms with van der Waals surface area (Å²) in [5.41, 5.74) is 6.11. The number of H-pyrrole nitrogens is 1.